The summed E-state index contributed by atoms with van der Waals surface area (Å²) in [5.41, 5.74) is 2.27. The number of halogens is 1. The number of nitrogens with one attached hydrogen (secondary N) is 2. The van der Waals surface area contributed by atoms with E-state index in [0.717, 1.165) is 43.4 Å². The van der Waals surface area contributed by atoms with Crippen LogP contribution < -0.4 is 10.6 Å². The molecule has 1 aromatic rings. The number of carbonyl (C=O) groups excluding carboxylic acids is 2. The van der Waals surface area contributed by atoms with Crippen LogP contribution in [0.5, 0.6) is 0 Å². The van der Waals surface area contributed by atoms with E-state index >= 15 is 0 Å². The standard InChI is InChI=1S/C31H41ClN6O3S/c1-3-25(39)38-16-15-37(18-21(38)11-13-33)29-24-10-12-31(17-20-7-4-5-9-23(20)28(32)42-31)27(40)26(24)34-30(35-29)41-19-22-8-6-14-36(22)2/h3-5,7,9,21-22,24,26,28-30,34-35H,1,6,8,10-12,14-19H2,2H3/t21?,22?,24?,26?,28?,29?,30?,31-/m0/s1. The number of likely N-dealkylation sites (N-methyl/N-ethyl adjacent to an activating group) is 1. The molecule has 1 saturated carbocycles. The smallest absolute Gasteiger partial charge is 0.246 e. The molecule has 1 aromatic carbocycles. The number of ketones is 1. The minimum Gasteiger partial charge on any atom is -0.348 e. The Morgan fingerprint density at radius 1 is 1.26 bits per heavy atom. The number of ether oxygens (including phenoxy) is 1. The van der Waals surface area contributed by atoms with Crippen LogP contribution in [0.15, 0.2) is 36.9 Å². The van der Waals surface area contributed by atoms with E-state index in [9.17, 15) is 14.9 Å². The third-order valence-corrected chi connectivity index (χ3v) is 12.0. The third-order valence-electron chi connectivity index (χ3n) is 10.0. The summed E-state index contributed by atoms with van der Waals surface area (Å²) in [6.07, 6.45) is 5.52. The summed E-state index contributed by atoms with van der Waals surface area (Å²) in [5, 5.41) is 16.8. The average molecular weight is 613 g/mol. The molecule has 1 spiro atoms. The predicted octanol–water partition coefficient (Wildman–Crippen LogP) is 2.83. The van der Waals surface area contributed by atoms with Crippen molar-refractivity contribution < 1.29 is 14.3 Å². The maximum Gasteiger partial charge on any atom is 0.246 e. The molecule has 42 heavy (non-hydrogen) atoms. The van der Waals surface area contributed by atoms with Crippen molar-refractivity contribution in [2.24, 2.45) is 5.92 Å². The van der Waals surface area contributed by atoms with Crippen LogP contribution in [0.1, 0.15) is 47.9 Å². The molecule has 4 heterocycles. The molecule has 11 heteroatoms. The zero-order chi connectivity index (χ0) is 29.4. The van der Waals surface area contributed by atoms with E-state index in [-0.39, 0.29) is 47.0 Å². The van der Waals surface area contributed by atoms with Gasteiger partial charge in [-0.25, -0.2) is 0 Å². The number of piperazine rings is 1. The second-order valence-electron chi connectivity index (χ2n) is 12.4. The number of Topliss-reactive ketones (excluding diaryl/α,β-unsaturated/α-hetero) is 1. The van der Waals surface area contributed by atoms with Crippen molar-refractivity contribution in [1.29, 1.82) is 5.26 Å². The minimum atomic E-state index is -0.578. The Kier molecular flexibility index (Phi) is 9.00. The molecule has 4 aliphatic heterocycles. The summed E-state index contributed by atoms with van der Waals surface area (Å²) in [5.74, 6) is 0.0806. The fourth-order valence-electron chi connectivity index (χ4n) is 7.71. The lowest BCUT2D eigenvalue weighted by Crippen LogP contribution is -2.75. The molecule has 0 bridgehead atoms. The number of hydrogen-bond acceptors (Lipinski definition) is 9. The van der Waals surface area contributed by atoms with Crippen LogP contribution >= 0.6 is 23.4 Å². The van der Waals surface area contributed by atoms with Crippen LogP contribution in [0.25, 0.3) is 0 Å². The van der Waals surface area contributed by atoms with Crippen molar-refractivity contribution in [3.63, 3.8) is 0 Å². The lowest BCUT2D eigenvalue weighted by molar-refractivity contribution is -0.145. The zero-order valence-corrected chi connectivity index (χ0v) is 25.8. The van der Waals surface area contributed by atoms with Gasteiger partial charge < -0.3 is 14.5 Å². The van der Waals surface area contributed by atoms with Gasteiger partial charge in [-0.15, -0.1) is 23.4 Å². The van der Waals surface area contributed by atoms with Gasteiger partial charge in [-0.1, -0.05) is 30.8 Å². The van der Waals surface area contributed by atoms with Gasteiger partial charge in [-0.2, -0.15) is 5.26 Å². The highest BCUT2D eigenvalue weighted by atomic mass is 35.5. The molecule has 3 saturated heterocycles. The zero-order valence-electron chi connectivity index (χ0n) is 24.2. The first-order chi connectivity index (χ1) is 20.3. The van der Waals surface area contributed by atoms with E-state index in [1.807, 2.05) is 12.1 Å². The molecule has 0 aromatic heterocycles. The highest BCUT2D eigenvalue weighted by Crippen LogP contribution is 2.55. The molecule has 7 unspecified atom stereocenters. The van der Waals surface area contributed by atoms with Crippen molar-refractivity contribution in [3.8, 4) is 6.07 Å². The van der Waals surface area contributed by atoms with Crippen LogP contribution in [0.2, 0.25) is 0 Å². The Balaban J connectivity index is 1.25. The summed E-state index contributed by atoms with van der Waals surface area (Å²) < 4.78 is 5.61. The second kappa shape index (κ2) is 12.6. The first kappa shape index (κ1) is 30.1. The van der Waals surface area contributed by atoms with Crippen molar-refractivity contribution in [3.05, 3.63) is 48.0 Å². The Morgan fingerprint density at radius 2 is 2.10 bits per heavy atom. The van der Waals surface area contributed by atoms with Crippen LogP contribution in [0.3, 0.4) is 0 Å². The van der Waals surface area contributed by atoms with Gasteiger partial charge in [0.25, 0.3) is 0 Å². The monoisotopic (exact) mass is 612 g/mol. The topological polar surface area (TPSA) is 101 Å². The van der Waals surface area contributed by atoms with Crippen molar-refractivity contribution in [2.45, 2.75) is 78.6 Å². The number of nitrogens with zero attached hydrogens (tertiary/aromatic N) is 4. The number of carbonyl (C=O) groups is 2. The summed E-state index contributed by atoms with van der Waals surface area (Å²) in [7, 11) is 2.14. The number of hydrogen-bond donors (Lipinski definition) is 2. The van der Waals surface area contributed by atoms with Crippen molar-refractivity contribution >= 4 is 35.1 Å². The van der Waals surface area contributed by atoms with Crippen molar-refractivity contribution in [1.82, 2.24) is 25.3 Å². The number of thioether (sulfide) groups is 1. The Labute approximate surface area is 257 Å². The number of benzene rings is 1. The molecule has 2 N–H and O–H groups in total. The molecule has 9 nitrogen and oxygen atoms in total. The average Bonchev–Trinajstić information content (AvgIpc) is 3.42. The molecular weight excluding hydrogens is 572 g/mol. The summed E-state index contributed by atoms with van der Waals surface area (Å²) >= 11 is 8.50. The first-order valence-electron chi connectivity index (χ1n) is 15.2. The Hall–Kier alpha value is -1.97. The van der Waals surface area contributed by atoms with Gasteiger partial charge in [-0.3, -0.25) is 25.1 Å². The lowest BCUT2D eigenvalue weighted by Gasteiger charge is -2.55. The highest BCUT2D eigenvalue weighted by Gasteiger charge is 2.56. The van der Waals surface area contributed by atoms with Gasteiger partial charge in [0.2, 0.25) is 5.91 Å². The molecule has 6 rings (SSSR count). The van der Waals surface area contributed by atoms with Crippen LogP contribution in [0, 0.1) is 17.2 Å². The van der Waals surface area contributed by atoms with E-state index in [2.05, 4.69) is 52.3 Å². The van der Waals surface area contributed by atoms with Crippen LogP contribution in [-0.4, -0.2) is 102 Å². The summed E-state index contributed by atoms with van der Waals surface area (Å²) in [6.45, 7) is 7.01. The number of amides is 1. The van der Waals surface area contributed by atoms with E-state index in [1.165, 1.54) is 6.08 Å². The molecule has 1 amide bonds. The molecule has 226 valence electrons. The van der Waals surface area contributed by atoms with E-state index < -0.39 is 11.1 Å². The van der Waals surface area contributed by atoms with Gasteiger partial charge >= 0.3 is 0 Å². The fourth-order valence-corrected chi connectivity index (χ4v) is 9.90. The second-order valence-corrected chi connectivity index (χ2v) is 14.5. The largest absolute Gasteiger partial charge is 0.348 e. The summed E-state index contributed by atoms with van der Waals surface area (Å²) in [6, 6.07) is 10.2. The third kappa shape index (κ3) is 5.65. The van der Waals surface area contributed by atoms with E-state index in [4.69, 9.17) is 16.3 Å². The lowest BCUT2D eigenvalue weighted by atomic mass is 9.71. The van der Waals surface area contributed by atoms with Gasteiger partial charge in [0.1, 0.15) is 4.71 Å². The van der Waals surface area contributed by atoms with Gasteiger partial charge in [0.05, 0.1) is 42.1 Å². The minimum absolute atomic E-state index is 0.0214. The van der Waals surface area contributed by atoms with Crippen LogP contribution in [0.4, 0.5) is 0 Å². The number of nitriles is 1. The number of rotatable bonds is 6. The first-order valence-corrected chi connectivity index (χ1v) is 16.5. The maximum atomic E-state index is 14.6. The van der Waals surface area contributed by atoms with E-state index in [0.29, 0.717) is 38.7 Å². The number of fused-ring (bicyclic) bond motifs is 2. The molecule has 5 aliphatic rings. The molecule has 8 atom stereocenters. The predicted molar refractivity (Wildman–Crippen MR) is 164 cm³/mol. The van der Waals surface area contributed by atoms with E-state index in [1.54, 1.807) is 16.7 Å². The summed E-state index contributed by atoms with van der Waals surface area (Å²) in [4.78, 5) is 33.5. The molecule has 0 radical (unpaired) electrons. The fraction of sp³-hybridized carbons (Fsp3) is 0.645. The number of likely N-dealkylation sites (tertiary alicyclic amines) is 1. The van der Waals surface area contributed by atoms with Gasteiger partial charge in [0.15, 0.2) is 12.1 Å². The Morgan fingerprint density at radius 3 is 2.86 bits per heavy atom. The Bertz CT molecular complexity index is 1250. The van der Waals surface area contributed by atoms with Crippen molar-refractivity contribution in [2.75, 3.05) is 39.8 Å². The van der Waals surface area contributed by atoms with Crippen LogP contribution in [-0.2, 0) is 20.7 Å². The maximum absolute atomic E-state index is 14.6. The quantitative estimate of drug-likeness (QED) is 0.371. The van der Waals surface area contributed by atoms with Gasteiger partial charge in [-0.05, 0) is 62.9 Å². The van der Waals surface area contributed by atoms with Gasteiger partial charge in [0, 0.05) is 31.6 Å². The highest BCUT2D eigenvalue weighted by molar-refractivity contribution is 8.02. The molecule has 4 fully saturated rings. The SMILES string of the molecule is C=CC(=O)N1CCN(C2NC(OCC3CCCN3C)NC3C(=O)[C@]4(CCC32)Cc2ccccc2C(Cl)S4)CC1CC#N. The molecular formula is C31H41ClN6O3S. The number of alkyl halides is 1. The molecule has 1 aliphatic carbocycles. The normalized spacial score (nSPS) is 37.2.